The molecule has 1 amide bonds. The monoisotopic (exact) mass is 506 g/mol. The van der Waals surface area contributed by atoms with Crippen molar-refractivity contribution in [3.05, 3.63) is 64.1 Å². The summed E-state index contributed by atoms with van der Waals surface area (Å²) < 4.78 is 27.8. The number of benzene rings is 2. The van der Waals surface area contributed by atoms with Crippen molar-refractivity contribution < 1.29 is 13.2 Å². The highest BCUT2D eigenvalue weighted by Crippen LogP contribution is 2.20. The van der Waals surface area contributed by atoms with Crippen LogP contribution in [0.25, 0.3) is 0 Å². The maximum atomic E-state index is 12.8. The zero-order valence-electron chi connectivity index (χ0n) is 17.7. The van der Waals surface area contributed by atoms with Gasteiger partial charge in [0.25, 0.3) is 5.91 Å². The molecular formula is C22H27BrN4O3S. The zero-order valence-corrected chi connectivity index (χ0v) is 20.1. The predicted molar refractivity (Wildman–Crippen MR) is 126 cm³/mol. The Morgan fingerprint density at radius 2 is 1.68 bits per heavy atom. The molecule has 0 aromatic heterocycles. The summed E-state index contributed by atoms with van der Waals surface area (Å²) in [5.41, 5.74) is 4.71. The average Bonchev–Trinajstić information content (AvgIpc) is 2.75. The maximum Gasteiger partial charge on any atom is 0.254 e. The number of sulfonamides is 1. The Bertz CT molecular complexity index is 1010. The number of halogens is 1. The summed E-state index contributed by atoms with van der Waals surface area (Å²) in [5.74, 6) is 0.246. The second kappa shape index (κ2) is 10.5. The fourth-order valence-electron chi connectivity index (χ4n) is 3.27. The molecule has 0 saturated carbocycles. The first-order valence-corrected chi connectivity index (χ1v) is 12.4. The van der Waals surface area contributed by atoms with Crippen LogP contribution in [0.5, 0.6) is 0 Å². The Balaban J connectivity index is 1.46. The number of piperazine rings is 1. The SMILES string of the molecule is CC(C)c1ccc(C=NNC(=O)CN2CCN(S(=O)(=O)c3ccc(Br)cc3)CC2)cc1. The highest BCUT2D eigenvalue weighted by Gasteiger charge is 2.28. The minimum atomic E-state index is -3.52. The third kappa shape index (κ3) is 6.46. The van der Waals surface area contributed by atoms with E-state index in [1.165, 1.54) is 9.87 Å². The van der Waals surface area contributed by atoms with Gasteiger partial charge >= 0.3 is 0 Å². The van der Waals surface area contributed by atoms with Gasteiger partial charge in [-0.25, -0.2) is 13.8 Å². The van der Waals surface area contributed by atoms with Crippen molar-refractivity contribution in [2.45, 2.75) is 24.7 Å². The molecule has 3 rings (SSSR count). The third-order valence-corrected chi connectivity index (χ3v) is 7.60. The zero-order chi connectivity index (χ0) is 22.4. The first-order valence-electron chi connectivity index (χ1n) is 10.2. The number of hydrazone groups is 1. The minimum Gasteiger partial charge on any atom is -0.292 e. The highest BCUT2D eigenvalue weighted by molar-refractivity contribution is 9.10. The summed E-state index contributed by atoms with van der Waals surface area (Å²) >= 11 is 3.32. The van der Waals surface area contributed by atoms with Gasteiger partial charge < -0.3 is 0 Å². The fraction of sp³-hybridized carbons (Fsp3) is 0.364. The second-order valence-electron chi connectivity index (χ2n) is 7.75. The molecule has 0 aliphatic carbocycles. The number of amides is 1. The Kier molecular flexibility index (Phi) is 7.99. The standard InChI is InChI=1S/C22H27BrN4O3S/c1-17(2)19-5-3-18(4-6-19)15-24-25-22(28)16-26-11-13-27(14-12-26)31(29,30)21-9-7-20(23)8-10-21/h3-10,15,17H,11-14,16H2,1-2H3,(H,25,28). The van der Waals surface area contributed by atoms with E-state index in [9.17, 15) is 13.2 Å². The molecule has 1 aliphatic rings. The van der Waals surface area contributed by atoms with Crippen LogP contribution in [0.3, 0.4) is 0 Å². The van der Waals surface area contributed by atoms with E-state index in [4.69, 9.17) is 0 Å². The summed E-state index contributed by atoms with van der Waals surface area (Å²) in [4.78, 5) is 14.4. The number of rotatable bonds is 7. The topological polar surface area (TPSA) is 82.1 Å². The summed E-state index contributed by atoms with van der Waals surface area (Å²) in [6.07, 6.45) is 1.62. The first kappa shape index (κ1) is 23.6. The van der Waals surface area contributed by atoms with Gasteiger partial charge in [0.05, 0.1) is 17.7 Å². The number of hydrogen-bond acceptors (Lipinski definition) is 5. The lowest BCUT2D eigenvalue weighted by atomic mass is 10.0. The summed E-state index contributed by atoms with van der Waals surface area (Å²) in [6, 6.07) is 14.7. The Morgan fingerprint density at radius 3 is 2.26 bits per heavy atom. The molecule has 0 spiro atoms. The van der Waals surface area contributed by atoms with E-state index in [0.717, 1.165) is 10.0 Å². The number of hydrogen-bond donors (Lipinski definition) is 1. The van der Waals surface area contributed by atoms with E-state index >= 15 is 0 Å². The molecule has 1 saturated heterocycles. The molecule has 1 fully saturated rings. The van der Waals surface area contributed by atoms with E-state index < -0.39 is 10.0 Å². The molecule has 9 heteroatoms. The molecule has 7 nitrogen and oxygen atoms in total. The Labute approximate surface area is 192 Å². The molecule has 0 atom stereocenters. The fourth-order valence-corrected chi connectivity index (χ4v) is 4.95. The molecule has 2 aromatic rings. The van der Waals surface area contributed by atoms with Crippen molar-refractivity contribution in [3.63, 3.8) is 0 Å². The van der Waals surface area contributed by atoms with Crippen LogP contribution in [0.15, 0.2) is 63.0 Å². The number of carbonyl (C=O) groups excluding carboxylic acids is 1. The summed E-state index contributed by atoms with van der Waals surface area (Å²) in [6.45, 7) is 6.12. The largest absolute Gasteiger partial charge is 0.292 e. The summed E-state index contributed by atoms with van der Waals surface area (Å²) in [7, 11) is -3.52. The van der Waals surface area contributed by atoms with Crippen molar-refractivity contribution in [1.29, 1.82) is 0 Å². The average molecular weight is 507 g/mol. The number of nitrogens with one attached hydrogen (secondary N) is 1. The Hall–Kier alpha value is -2.07. The van der Waals surface area contributed by atoms with Crippen LogP contribution in [0.2, 0.25) is 0 Å². The van der Waals surface area contributed by atoms with Gasteiger partial charge in [0.2, 0.25) is 10.0 Å². The lowest BCUT2D eigenvalue weighted by molar-refractivity contribution is -0.122. The summed E-state index contributed by atoms with van der Waals surface area (Å²) in [5, 5.41) is 4.02. The molecule has 0 bridgehead atoms. The normalized spacial score (nSPS) is 16.1. The van der Waals surface area contributed by atoms with Crippen LogP contribution in [0.1, 0.15) is 30.9 Å². The van der Waals surface area contributed by atoms with Crippen LogP contribution < -0.4 is 5.43 Å². The van der Waals surface area contributed by atoms with Crippen molar-refractivity contribution in [2.24, 2.45) is 5.10 Å². The predicted octanol–water partition coefficient (Wildman–Crippen LogP) is 3.03. The van der Waals surface area contributed by atoms with Gasteiger partial charge in [-0.3, -0.25) is 9.69 Å². The van der Waals surface area contributed by atoms with Crippen LogP contribution >= 0.6 is 15.9 Å². The van der Waals surface area contributed by atoms with Gasteiger partial charge in [-0.15, -0.1) is 0 Å². The number of nitrogens with zero attached hydrogens (tertiary/aromatic N) is 3. The van der Waals surface area contributed by atoms with Gasteiger partial charge in [0, 0.05) is 30.7 Å². The van der Waals surface area contributed by atoms with Crippen molar-refractivity contribution in [2.75, 3.05) is 32.7 Å². The molecule has 2 aromatic carbocycles. The van der Waals surface area contributed by atoms with Crippen LogP contribution in [0.4, 0.5) is 0 Å². The van der Waals surface area contributed by atoms with Crippen molar-refractivity contribution in [3.8, 4) is 0 Å². The lowest BCUT2D eigenvalue weighted by Gasteiger charge is -2.33. The smallest absolute Gasteiger partial charge is 0.254 e. The van der Waals surface area contributed by atoms with Crippen LogP contribution in [-0.2, 0) is 14.8 Å². The maximum absolute atomic E-state index is 12.8. The minimum absolute atomic E-state index is 0.176. The van der Waals surface area contributed by atoms with E-state index in [1.807, 2.05) is 17.0 Å². The molecular weight excluding hydrogens is 480 g/mol. The van der Waals surface area contributed by atoms with Gasteiger partial charge in [0.1, 0.15) is 0 Å². The van der Waals surface area contributed by atoms with Crippen molar-refractivity contribution in [1.82, 2.24) is 14.6 Å². The van der Waals surface area contributed by atoms with Crippen LogP contribution in [-0.4, -0.2) is 62.5 Å². The van der Waals surface area contributed by atoms with Gasteiger partial charge in [-0.2, -0.15) is 9.41 Å². The van der Waals surface area contributed by atoms with Gasteiger partial charge in [0.15, 0.2) is 0 Å². The van der Waals surface area contributed by atoms with Crippen molar-refractivity contribution >= 4 is 38.1 Å². The quantitative estimate of drug-likeness (QED) is 0.462. The Morgan fingerprint density at radius 1 is 1.06 bits per heavy atom. The van der Waals surface area contributed by atoms with E-state index in [0.29, 0.717) is 32.1 Å². The highest BCUT2D eigenvalue weighted by atomic mass is 79.9. The molecule has 1 aliphatic heterocycles. The molecule has 166 valence electrons. The van der Waals surface area contributed by atoms with E-state index in [1.54, 1.807) is 30.5 Å². The third-order valence-electron chi connectivity index (χ3n) is 5.16. The molecule has 0 radical (unpaired) electrons. The molecule has 1 N–H and O–H groups in total. The lowest BCUT2D eigenvalue weighted by Crippen LogP contribution is -2.50. The van der Waals surface area contributed by atoms with E-state index in [-0.39, 0.29) is 17.3 Å². The molecule has 1 heterocycles. The van der Waals surface area contributed by atoms with Gasteiger partial charge in [-0.05, 0) is 41.3 Å². The van der Waals surface area contributed by atoms with Crippen LogP contribution in [0, 0.1) is 0 Å². The molecule has 0 unspecified atom stereocenters. The molecule has 31 heavy (non-hydrogen) atoms. The van der Waals surface area contributed by atoms with Gasteiger partial charge in [-0.1, -0.05) is 54.0 Å². The van der Waals surface area contributed by atoms with E-state index in [2.05, 4.69) is 52.4 Å². The number of carbonyl (C=O) groups is 1. The second-order valence-corrected chi connectivity index (χ2v) is 10.6. The first-order chi connectivity index (χ1) is 14.8.